The average molecular weight is 310 g/mol. The van der Waals surface area contributed by atoms with Gasteiger partial charge in [-0.05, 0) is 18.7 Å². The summed E-state index contributed by atoms with van der Waals surface area (Å²) in [7, 11) is 0. The Bertz CT molecular complexity index is 440. The van der Waals surface area contributed by atoms with E-state index < -0.39 is 5.97 Å². The Balaban J connectivity index is 2.16. The molecule has 0 fully saturated rings. The zero-order valence-corrected chi connectivity index (χ0v) is 13.1. The largest absolute Gasteiger partial charge is 0.481 e. The van der Waals surface area contributed by atoms with Crippen molar-refractivity contribution in [1.82, 2.24) is 10.2 Å². The first-order valence-corrected chi connectivity index (χ1v) is 7.99. The van der Waals surface area contributed by atoms with Gasteiger partial charge in [0.05, 0.1) is 13.0 Å². The van der Waals surface area contributed by atoms with Gasteiger partial charge in [-0.15, -0.1) is 11.8 Å². The van der Waals surface area contributed by atoms with E-state index in [1.807, 2.05) is 42.2 Å². The summed E-state index contributed by atoms with van der Waals surface area (Å²) in [5.74, 6) is -0.0826. The second kappa shape index (κ2) is 10.2. The molecule has 0 aliphatic rings. The summed E-state index contributed by atoms with van der Waals surface area (Å²) in [6, 6.07) is 10.0. The van der Waals surface area contributed by atoms with Crippen LogP contribution in [0.1, 0.15) is 13.3 Å². The zero-order chi connectivity index (χ0) is 15.5. The molecule has 0 heterocycles. The number of amides is 1. The fourth-order valence-corrected chi connectivity index (χ4v) is 2.53. The van der Waals surface area contributed by atoms with Crippen LogP contribution < -0.4 is 5.32 Å². The molecular formula is C15H22N2O3S. The fourth-order valence-electron chi connectivity index (χ4n) is 1.74. The van der Waals surface area contributed by atoms with Crippen LogP contribution in [0.4, 0.5) is 0 Å². The molecule has 0 atom stereocenters. The lowest BCUT2D eigenvalue weighted by Crippen LogP contribution is -2.38. The monoisotopic (exact) mass is 310 g/mol. The third-order valence-corrected chi connectivity index (χ3v) is 3.91. The molecule has 0 saturated heterocycles. The summed E-state index contributed by atoms with van der Waals surface area (Å²) in [5.41, 5.74) is 0. The van der Waals surface area contributed by atoms with Gasteiger partial charge in [-0.25, -0.2) is 0 Å². The lowest BCUT2D eigenvalue weighted by atomic mass is 10.3. The van der Waals surface area contributed by atoms with Gasteiger partial charge in [0.2, 0.25) is 5.91 Å². The van der Waals surface area contributed by atoms with Crippen LogP contribution in [0.3, 0.4) is 0 Å². The van der Waals surface area contributed by atoms with Crippen molar-refractivity contribution in [1.29, 1.82) is 0 Å². The Morgan fingerprint density at radius 3 is 2.62 bits per heavy atom. The van der Waals surface area contributed by atoms with Crippen LogP contribution in [0.15, 0.2) is 35.2 Å². The Morgan fingerprint density at radius 2 is 2.00 bits per heavy atom. The number of benzene rings is 1. The van der Waals surface area contributed by atoms with Gasteiger partial charge < -0.3 is 10.4 Å². The van der Waals surface area contributed by atoms with Crippen LogP contribution in [0.2, 0.25) is 0 Å². The molecule has 1 aromatic rings. The van der Waals surface area contributed by atoms with Crippen LogP contribution >= 0.6 is 11.8 Å². The van der Waals surface area contributed by atoms with Gasteiger partial charge in [0.25, 0.3) is 0 Å². The van der Waals surface area contributed by atoms with E-state index in [0.29, 0.717) is 19.6 Å². The fraction of sp³-hybridized carbons (Fsp3) is 0.467. The van der Waals surface area contributed by atoms with E-state index in [1.165, 1.54) is 4.90 Å². The summed E-state index contributed by atoms with van der Waals surface area (Å²) in [4.78, 5) is 25.3. The minimum atomic E-state index is -0.840. The van der Waals surface area contributed by atoms with Gasteiger partial charge in [-0.1, -0.05) is 25.1 Å². The SMILES string of the molecule is CCN(CCC(=O)O)CC(=O)NCCSc1ccccc1. The Hall–Kier alpha value is -1.53. The third-order valence-electron chi connectivity index (χ3n) is 2.89. The van der Waals surface area contributed by atoms with Crippen molar-refractivity contribution in [3.8, 4) is 0 Å². The van der Waals surface area contributed by atoms with Crippen LogP contribution in [0.25, 0.3) is 0 Å². The molecule has 116 valence electrons. The lowest BCUT2D eigenvalue weighted by Gasteiger charge is -2.18. The van der Waals surface area contributed by atoms with Crippen LogP contribution in [0.5, 0.6) is 0 Å². The van der Waals surface area contributed by atoms with Crippen molar-refractivity contribution < 1.29 is 14.7 Å². The number of carboxylic acid groups (broad SMARTS) is 1. The summed E-state index contributed by atoms with van der Waals surface area (Å²) in [6.07, 6.45) is 0.0605. The highest BCUT2D eigenvalue weighted by Crippen LogP contribution is 2.15. The quantitative estimate of drug-likeness (QED) is 0.508. The Labute approximate surface area is 129 Å². The van der Waals surface area contributed by atoms with E-state index in [0.717, 1.165) is 5.75 Å². The number of carboxylic acids is 1. The van der Waals surface area contributed by atoms with Gasteiger partial charge >= 0.3 is 5.97 Å². The van der Waals surface area contributed by atoms with Crippen molar-refractivity contribution in [3.05, 3.63) is 30.3 Å². The molecule has 0 aromatic heterocycles. The predicted molar refractivity (Wildman–Crippen MR) is 84.5 cm³/mol. The van der Waals surface area contributed by atoms with E-state index in [9.17, 15) is 9.59 Å². The number of hydrogen-bond acceptors (Lipinski definition) is 4. The molecule has 0 radical (unpaired) electrons. The van der Waals surface area contributed by atoms with E-state index in [4.69, 9.17) is 5.11 Å². The maximum atomic E-state index is 11.8. The molecule has 0 spiro atoms. The molecule has 0 aliphatic heterocycles. The highest BCUT2D eigenvalue weighted by atomic mass is 32.2. The van der Waals surface area contributed by atoms with E-state index >= 15 is 0 Å². The summed E-state index contributed by atoms with van der Waals surface area (Å²) >= 11 is 1.70. The molecule has 0 bridgehead atoms. The second-order valence-electron chi connectivity index (χ2n) is 4.52. The first kappa shape index (κ1) is 17.5. The maximum Gasteiger partial charge on any atom is 0.304 e. The van der Waals surface area contributed by atoms with Crippen LogP contribution in [-0.4, -0.2) is 53.8 Å². The van der Waals surface area contributed by atoms with E-state index in [1.54, 1.807) is 11.8 Å². The van der Waals surface area contributed by atoms with Crippen LogP contribution in [-0.2, 0) is 9.59 Å². The Kier molecular flexibility index (Phi) is 8.54. The van der Waals surface area contributed by atoms with Crippen molar-refractivity contribution in [2.75, 3.05) is 31.9 Å². The molecule has 1 rings (SSSR count). The first-order chi connectivity index (χ1) is 10.1. The zero-order valence-electron chi connectivity index (χ0n) is 12.2. The number of nitrogens with zero attached hydrogens (tertiary/aromatic N) is 1. The number of carbonyl (C=O) groups is 2. The normalized spacial score (nSPS) is 10.6. The number of rotatable bonds is 10. The highest BCUT2D eigenvalue weighted by molar-refractivity contribution is 7.99. The topological polar surface area (TPSA) is 69.6 Å². The smallest absolute Gasteiger partial charge is 0.304 e. The Morgan fingerprint density at radius 1 is 1.29 bits per heavy atom. The van der Waals surface area contributed by atoms with Crippen molar-refractivity contribution >= 4 is 23.6 Å². The van der Waals surface area contributed by atoms with Gasteiger partial charge in [0.1, 0.15) is 0 Å². The summed E-state index contributed by atoms with van der Waals surface area (Å²) in [6.45, 7) is 3.84. The summed E-state index contributed by atoms with van der Waals surface area (Å²) in [5, 5.41) is 11.5. The minimum absolute atomic E-state index is 0.0594. The highest BCUT2D eigenvalue weighted by Gasteiger charge is 2.10. The first-order valence-electron chi connectivity index (χ1n) is 7.00. The van der Waals surface area contributed by atoms with Crippen molar-refractivity contribution in [2.24, 2.45) is 0 Å². The molecular weight excluding hydrogens is 288 g/mol. The van der Waals surface area contributed by atoms with Gasteiger partial charge in [0.15, 0.2) is 0 Å². The number of thioether (sulfide) groups is 1. The summed E-state index contributed by atoms with van der Waals surface area (Å²) < 4.78 is 0. The number of hydrogen-bond donors (Lipinski definition) is 2. The molecule has 0 unspecified atom stereocenters. The van der Waals surface area contributed by atoms with Gasteiger partial charge in [0, 0.05) is 23.7 Å². The molecule has 1 aromatic carbocycles. The standard InChI is InChI=1S/C15H22N2O3S/c1-2-17(10-8-15(19)20)12-14(18)16-9-11-21-13-6-4-3-5-7-13/h3-7H,2,8-12H2,1H3,(H,16,18)(H,19,20). The van der Waals surface area contributed by atoms with Crippen molar-refractivity contribution in [3.63, 3.8) is 0 Å². The number of nitrogens with one attached hydrogen (secondary N) is 1. The maximum absolute atomic E-state index is 11.8. The molecule has 0 saturated carbocycles. The molecule has 0 aliphatic carbocycles. The molecule has 6 heteroatoms. The van der Waals surface area contributed by atoms with E-state index in [2.05, 4.69) is 5.32 Å². The number of likely N-dealkylation sites (N-methyl/N-ethyl adjacent to an activating group) is 1. The number of aliphatic carboxylic acids is 1. The average Bonchev–Trinajstić information content (AvgIpc) is 2.49. The minimum Gasteiger partial charge on any atom is -0.481 e. The van der Waals surface area contributed by atoms with Gasteiger partial charge in [-0.2, -0.15) is 0 Å². The molecule has 21 heavy (non-hydrogen) atoms. The van der Waals surface area contributed by atoms with Crippen molar-refractivity contribution in [2.45, 2.75) is 18.2 Å². The molecule has 1 amide bonds. The molecule has 5 nitrogen and oxygen atoms in total. The number of carbonyl (C=O) groups excluding carboxylic acids is 1. The second-order valence-corrected chi connectivity index (χ2v) is 5.69. The van der Waals surface area contributed by atoms with Gasteiger partial charge in [-0.3, -0.25) is 14.5 Å². The lowest BCUT2D eigenvalue weighted by molar-refractivity contribution is -0.137. The molecule has 2 N–H and O–H groups in total. The predicted octanol–water partition coefficient (Wildman–Crippen LogP) is 1.69. The van der Waals surface area contributed by atoms with Crippen LogP contribution in [0, 0.1) is 0 Å². The van der Waals surface area contributed by atoms with E-state index in [-0.39, 0.29) is 18.9 Å². The third kappa shape index (κ3) is 8.37.